The Hall–Kier alpha value is -2.48. The predicted octanol–water partition coefficient (Wildman–Crippen LogP) is 1.98. The Labute approximate surface area is 157 Å². The summed E-state index contributed by atoms with van der Waals surface area (Å²) >= 11 is 0. The molecule has 27 heavy (non-hydrogen) atoms. The first kappa shape index (κ1) is 17.9. The molecule has 4 rings (SSSR count). The Kier molecular flexibility index (Phi) is 5.07. The van der Waals surface area contributed by atoms with Gasteiger partial charge in [0.05, 0.1) is 19.3 Å². The molecule has 0 radical (unpaired) electrons. The molecule has 0 saturated carbocycles. The van der Waals surface area contributed by atoms with Gasteiger partial charge in [0, 0.05) is 19.0 Å². The molecule has 1 atom stereocenters. The maximum Gasteiger partial charge on any atom is 0.273 e. The highest BCUT2D eigenvalue weighted by atomic mass is 19.1. The van der Waals surface area contributed by atoms with Crippen LogP contribution in [0.2, 0.25) is 0 Å². The van der Waals surface area contributed by atoms with E-state index in [1.54, 1.807) is 16.9 Å². The predicted molar refractivity (Wildman–Crippen MR) is 97.4 cm³/mol. The van der Waals surface area contributed by atoms with Gasteiger partial charge in [-0.05, 0) is 50.0 Å². The number of hydrogen-bond acceptors (Lipinski definition) is 5. The summed E-state index contributed by atoms with van der Waals surface area (Å²) in [5.74, 6) is -0.0535. The molecule has 2 aliphatic rings. The first-order valence-corrected chi connectivity index (χ1v) is 9.41. The van der Waals surface area contributed by atoms with E-state index in [0.29, 0.717) is 18.8 Å². The Morgan fingerprint density at radius 1 is 1.30 bits per heavy atom. The van der Waals surface area contributed by atoms with Gasteiger partial charge < -0.3 is 15.0 Å². The number of halogens is 1. The summed E-state index contributed by atoms with van der Waals surface area (Å²) in [4.78, 5) is 14.9. The van der Waals surface area contributed by atoms with Gasteiger partial charge in [-0.1, -0.05) is 11.3 Å². The number of aromatic nitrogens is 3. The third-order valence-electron chi connectivity index (χ3n) is 5.57. The fourth-order valence-corrected chi connectivity index (χ4v) is 4.03. The van der Waals surface area contributed by atoms with Crippen LogP contribution in [0.4, 0.5) is 4.39 Å². The molecule has 0 spiro atoms. The van der Waals surface area contributed by atoms with Gasteiger partial charge in [-0.15, -0.1) is 5.10 Å². The molecule has 1 amide bonds. The van der Waals surface area contributed by atoms with Crippen LogP contribution in [0.25, 0.3) is 0 Å². The number of rotatable bonds is 4. The fraction of sp³-hybridized carbons (Fsp3) is 0.526. The first-order chi connectivity index (χ1) is 13.2. The Morgan fingerprint density at radius 3 is 2.85 bits per heavy atom. The lowest BCUT2D eigenvalue weighted by Crippen LogP contribution is -2.34. The fourth-order valence-electron chi connectivity index (χ4n) is 4.03. The number of carbonyl (C=O) groups is 1. The lowest BCUT2D eigenvalue weighted by molar-refractivity contribution is 0.0773. The molecule has 7 nitrogen and oxygen atoms in total. The summed E-state index contributed by atoms with van der Waals surface area (Å²) in [6, 6.07) is 5.24. The van der Waals surface area contributed by atoms with Crippen LogP contribution in [0.15, 0.2) is 24.4 Å². The molecule has 2 saturated heterocycles. The number of benzene rings is 1. The van der Waals surface area contributed by atoms with Crippen molar-refractivity contribution in [1.29, 1.82) is 0 Å². The maximum atomic E-state index is 14.0. The molecule has 144 valence electrons. The van der Waals surface area contributed by atoms with E-state index >= 15 is 0 Å². The van der Waals surface area contributed by atoms with Crippen molar-refractivity contribution in [3.05, 3.63) is 41.5 Å². The van der Waals surface area contributed by atoms with Gasteiger partial charge >= 0.3 is 0 Å². The molecular formula is C19H24FN5O2. The van der Waals surface area contributed by atoms with Crippen molar-refractivity contribution in [2.75, 3.05) is 33.3 Å². The molecule has 1 N–H and O–H groups in total. The molecule has 1 aromatic carbocycles. The van der Waals surface area contributed by atoms with Crippen LogP contribution in [-0.4, -0.2) is 59.1 Å². The standard InChI is InChI=1S/C19H24FN5O2/c1-27-18-3-2-13(10-16(18)20)14-6-9-24(12-14)19(26)17-11-22-23-25(17)15-4-7-21-8-5-15/h2-3,10-11,14-15,21H,4-9,12H2,1H3. The highest BCUT2D eigenvalue weighted by Crippen LogP contribution is 2.31. The van der Waals surface area contributed by atoms with Crippen molar-refractivity contribution < 1.29 is 13.9 Å². The average molecular weight is 373 g/mol. The lowest BCUT2D eigenvalue weighted by atomic mass is 9.98. The molecule has 0 bridgehead atoms. The van der Waals surface area contributed by atoms with Crippen molar-refractivity contribution in [3.63, 3.8) is 0 Å². The number of nitrogens with one attached hydrogen (secondary N) is 1. The molecular weight excluding hydrogens is 349 g/mol. The summed E-state index contributed by atoms with van der Waals surface area (Å²) in [5, 5.41) is 11.5. The maximum absolute atomic E-state index is 14.0. The zero-order chi connectivity index (χ0) is 18.8. The zero-order valence-electron chi connectivity index (χ0n) is 15.4. The Balaban J connectivity index is 1.47. The van der Waals surface area contributed by atoms with Crippen LogP contribution in [0.5, 0.6) is 5.75 Å². The van der Waals surface area contributed by atoms with E-state index in [1.165, 1.54) is 13.2 Å². The van der Waals surface area contributed by atoms with Crippen LogP contribution < -0.4 is 10.1 Å². The van der Waals surface area contributed by atoms with E-state index in [2.05, 4.69) is 15.6 Å². The average Bonchev–Trinajstić information content (AvgIpc) is 3.38. The highest BCUT2D eigenvalue weighted by Gasteiger charge is 2.31. The van der Waals surface area contributed by atoms with Gasteiger partial charge in [-0.3, -0.25) is 4.79 Å². The van der Waals surface area contributed by atoms with E-state index in [1.807, 2.05) is 11.0 Å². The summed E-state index contributed by atoms with van der Waals surface area (Å²) in [6.07, 6.45) is 4.26. The SMILES string of the molecule is COc1ccc(C2CCN(C(=O)c3cnnn3C3CCNCC3)C2)cc1F. The van der Waals surface area contributed by atoms with E-state index in [-0.39, 0.29) is 29.4 Å². The number of amides is 1. The Morgan fingerprint density at radius 2 is 2.11 bits per heavy atom. The second-order valence-corrected chi connectivity index (χ2v) is 7.18. The zero-order valence-corrected chi connectivity index (χ0v) is 15.4. The van der Waals surface area contributed by atoms with Crippen LogP contribution in [0.3, 0.4) is 0 Å². The summed E-state index contributed by atoms with van der Waals surface area (Å²) in [6.45, 7) is 3.07. The second-order valence-electron chi connectivity index (χ2n) is 7.18. The number of likely N-dealkylation sites (tertiary alicyclic amines) is 1. The van der Waals surface area contributed by atoms with Crippen molar-refractivity contribution in [2.45, 2.75) is 31.2 Å². The second kappa shape index (κ2) is 7.64. The van der Waals surface area contributed by atoms with Crippen LogP contribution in [0, 0.1) is 5.82 Å². The van der Waals surface area contributed by atoms with E-state index in [9.17, 15) is 9.18 Å². The number of ether oxygens (including phenoxy) is 1. The summed E-state index contributed by atoms with van der Waals surface area (Å²) in [5.41, 5.74) is 1.44. The minimum Gasteiger partial charge on any atom is -0.494 e. The van der Waals surface area contributed by atoms with Crippen molar-refractivity contribution in [3.8, 4) is 5.75 Å². The third kappa shape index (κ3) is 3.53. The van der Waals surface area contributed by atoms with Crippen molar-refractivity contribution >= 4 is 5.91 Å². The van der Waals surface area contributed by atoms with Gasteiger partial charge in [-0.2, -0.15) is 0 Å². The largest absolute Gasteiger partial charge is 0.494 e. The van der Waals surface area contributed by atoms with E-state index < -0.39 is 0 Å². The molecule has 3 heterocycles. The van der Waals surface area contributed by atoms with Gasteiger partial charge in [0.1, 0.15) is 5.69 Å². The summed E-state index contributed by atoms with van der Waals surface area (Å²) in [7, 11) is 1.45. The number of methoxy groups -OCH3 is 1. The number of nitrogens with zero attached hydrogens (tertiary/aromatic N) is 4. The minimum atomic E-state index is -0.368. The minimum absolute atomic E-state index is 0.0463. The number of piperidine rings is 1. The molecule has 2 aromatic rings. The quantitative estimate of drug-likeness (QED) is 0.887. The van der Waals surface area contributed by atoms with Crippen LogP contribution in [-0.2, 0) is 0 Å². The molecule has 2 aliphatic heterocycles. The Bertz CT molecular complexity index is 818. The smallest absolute Gasteiger partial charge is 0.273 e. The van der Waals surface area contributed by atoms with Crippen LogP contribution >= 0.6 is 0 Å². The molecule has 1 unspecified atom stereocenters. The molecule has 0 aliphatic carbocycles. The topological polar surface area (TPSA) is 72.3 Å². The molecule has 1 aromatic heterocycles. The summed E-state index contributed by atoms with van der Waals surface area (Å²) < 4.78 is 20.8. The van der Waals surface area contributed by atoms with Crippen molar-refractivity contribution in [1.82, 2.24) is 25.2 Å². The van der Waals surface area contributed by atoms with Gasteiger partial charge in [-0.25, -0.2) is 9.07 Å². The monoisotopic (exact) mass is 373 g/mol. The number of carbonyl (C=O) groups excluding carboxylic acids is 1. The first-order valence-electron chi connectivity index (χ1n) is 9.41. The van der Waals surface area contributed by atoms with Crippen LogP contribution in [0.1, 0.15) is 47.3 Å². The number of hydrogen-bond donors (Lipinski definition) is 1. The third-order valence-corrected chi connectivity index (χ3v) is 5.57. The van der Waals surface area contributed by atoms with E-state index in [0.717, 1.165) is 37.9 Å². The van der Waals surface area contributed by atoms with Gasteiger partial charge in [0.15, 0.2) is 11.6 Å². The normalized spacial score (nSPS) is 20.8. The lowest BCUT2D eigenvalue weighted by Gasteiger charge is -2.25. The van der Waals surface area contributed by atoms with Gasteiger partial charge in [0.2, 0.25) is 0 Å². The van der Waals surface area contributed by atoms with Crippen molar-refractivity contribution in [2.24, 2.45) is 0 Å². The molecule has 8 heteroatoms. The van der Waals surface area contributed by atoms with Gasteiger partial charge in [0.25, 0.3) is 5.91 Å². The van der Waals surface area contributed by atoms with E-state index in [4.69, 9.17) is 4.74 Å². The molecule has 2 fully saturated rings. The highest BCUT2D eigenvalue weighted by molar-refractivity contribution is 5.92.